The number of hydrogen-bond donors (Lipinski definition) is 1. The molecular weight excluding hydrogens is 391 g/mol. The third-order valence-corrected chi connectivity index (χ3v) is 7.22. The summed E-state index contributed by atoms with van der Waals surface area (Å²) in [6, 6.07) is 1.75. The molecule has 1 unspecified atom stereocenters. The summed E-state index contributed by atoms with van der Waals surface area (Å²) < 4.78 is 61.3. The minimum absolute atomic E-state index is 0.0902. The molecule has 1 atom stereocenters. The highest BCUT2D eigenvalue weighted by Gasteiger charge is 2.62. The van der Waals surface area contributed by atoms with Crippen LogP contribution in [-0.4, -0.2) is 72.4 Å². The second-order valence-electron chi connectivity index (χ2n) is 6.24. The molecule has 1 N–H and O–H groups in total. The fourth-order valence-electron chi connectivity index (χ4n) is 3.16. The van der Waals surface area contributed by atoms with E-state index >= 15 is 0 Å². The Morgan fingerprint density at radius 2 is 1.93 bits per heavy atom. The van der Waals surface area contributed by atoms with Gasteiger partial charge in [0.05, 0.1) is 12.4 Å². The lowest BCUT2D eigenvalue weighted by Crippen LogP contribution is -2.68. The second-order valence-corrected chi connectivity index (χ2v) is 8.69. The zero-order valence-electron chi connectivity index (χ0n) is 14.5. The van der Waals surface area contributed by atoms with E-state index in [1.54, 1.807) is 18.5 Å². The number of carboxylic acid groups (broad SMARTS) is 1. The Morgan fingerprint density at radius 3 is 2.41 bits per heavy atom. The molecule has 3 rings (SSSR count). The molecule has 2 aliphatic rings. The van der Waals surface area contributed by atoms with Crippen LogP contribution in [0.15, 0.2) is 18.5 Å². The normalized spacial score (nSPS) is 22.7. The van der Waals surface area contributed by atoms with Gasteiger partial charge in [-0.15, -0.1) is 0 Å². The third kappa shape index (κ3) is 4.49. The summed E-state index contributed by atoms with van der Waals surface area (Å²) in [6.45, 7) is 4.05. The van der Waals surface area contributed by atoms with Gasteiger partial charge in [-0.1, -0.05) is 0 Å². The maximum absolute atomic E-state index is 12.4. The van der Waals surface area contributed by atoms with E-state index in [2.05, 4.69) is 9.97 Å². The largest absolute Gasteiger partial charge is 0.490 e. The molecule has 0 bridgehead atoms. The molecule has 1 spiro atoms. The molecule has 0 amide bonds. The molecule has 2 fully saturated rings. The lowest BCUT2D eigenvalue weighted by atomic mass is 9.84. The zero-order valence-corrected chi connectivity index (χ0v) is 15.3. The van der Waals surface area contributed by atoms with Crippen LogP contribution < -0.4 is 4.90 Å². The topological polar surface area (TPSA) is 110 Å². The highest BCUT2D eigenvalue weighted by atomic mass is 32.2. The minimum atomic E-state index is -5.08. The van der Waals surface area contributed by atoms with E-state index in [-0.39, 0.29) is 11.7 Å². The number of nitrogens with zero attached hydrogens (tertiary/aromatic N) is 3. The fourth-order valence-corrected chi connectivity index (χ4v) is 5.56. The summed E-state index contributed by atoms with van der Waals surface area (Å²) in [6.07, 6.45) is -1.03. The summed E-state index contributed by atoms with van der Waals surface area (Å²) in [4.78, 5) is 19.2. The zero-order chi connectivity index (χ0) is 20.3. The van der Waals surface area contributed by atoms with E-state index in [0.717, 1.165) is 0 Å². The Bertz CT molecular complexity index is 752. The van der Waals surface area contributed by atoms with Gasteiger partial charge in [-0.05, 0) is 19.4 Å². The Hall–Kier alpha value is -1.95. The number of hydrogen-bond acceptors (Lipinski definition) is 7. The quantitative estimate of drug-likeness (QED) is 0.786. The maximum atomic E-state index is 12.4. The van der Waals surface area contributed by atoms with Crippen LogP contribution in [0.4, 0.5) is 19.1 Å². The van der Waals surface area contributed by atoms with Crippen molar-refractivity contribution in [2.24, 2.45) is 5.92 Å². The average Bonchev–Trinajstić information content (AvgIpc) is 2.82. The Morgan fingerprint density at radius 1 is 1.37 bits per heavy atom. The molecule has 1 aromatic rings. The third-order valence-electron chi connectivity index (χ3n) is 4.62. The Labute approximate surface area is 154 Å². The van der Waals surface area contributed by atoms with Gasteiger partial charge in [-0.25, -0.2) is 23.2 Å². The molecular formula is C15H20F3N3O5S. The molecule has 3 heterocycles. The van der Waals surface area contributed by atoms with Crippen LogP contribution in [0.25, 0.3) is 0 Å². The number of anilines is 1. The Balaban J connectivity index is 0.000000321. The summed E-state index contributed by atoms with van der Waals surface area (Å²) >= 11 is 0. The number of carboxylic acids is 1. The summed E-state index contributed by atoms with van der Waals surface area (Å²) in [7, 11) is -3.05. The van der Waals surface area contributed by atoms with Crippen molar-refractivity contribution in [1.29, 1.82) is 0 Å². The van der Waals surface area contributed by atoms with Gasteiger partial charge in [0.15, 0.2) is 9.84 Å². The number of halogens is 3. The fraction of sp³-hybridized carbons (Fsp3) is 0.667. The molecule has 0 radical (unpaired) electrons. The second kappa shape index (κ2) is 7.97. The SMILES string of the molecule is CCOCC1CCS(=O)(=O)C12CN(c1ncccn1)C2.O=C(O)C(F)(F)F. The van der Waals surface area contributed by atoms with Crippen LogP contribution in [0.3, 0.4) is 0 Å². The number of sulfone groups is 1. The smallest absolute Gasteiger partial charge is 0.475 e. The van der Waals surface area contributed by atoms with Crippen LogP contribution in [-0.2, 0) is 19.4 Å². The molecule has 1 aromatic heterocycles. The molecule has 0 aliphatic carbocycles. The first-order chi connectivity index (χ1) is 12.5. The van der Waals surface area contributed by atoms with Crippen molar-refractivity contribution in [2.45, 2.75) is 24.3 Å². The monoisotopic (exact) mass is 411 g/mol. The van der Waals surface area contributed by atoms with Gasteiger partial charge in [-0.3, -0.25) is 0 Å². The van der Waals surface area contributed by atoms with E-state index in [4.69, 9.17) is 14.6 Å². The first-order valence-corrected chi connectivity index (χ1v) is 9.81. The predicted molar refractivity (Wildman–Crippen MR) is 89.1 cm³/mol. The molecule has 152 valence electrons. The highest BCUT2D eigenvalue weighted by molar-refractivity contribution is 7.93. The van der Waals surface area contributed by atoms with Crippen molar-refractivity contribution in [3.8, 4) is 0 Å². The van der Waals surface area contributed by atoms with Crippen molar-refractivity contribution in [1.82, 2.24) is 9.97 Å². The first kappa shape index (κ1) is 21.4. The summed E-state index contributed by atoms with van der Waals surface area (Å²) in [5.74, 6) is -1.79. The molecule has 2 saturated heterocycles. The van der Waals surface area contributed by atoms with E-state index in [1.807, 2.05) is 11.8 Å². The lowest BCUT2D eigenvalue weighted by molar-refractivity contribution is -0.192. The van der Waals surface area contributed by atoms with Crippen LogP contribution in [0, 0.1) is 5.92 Å². The van der Waals surface area contributed by atoms with Crippen molar-refractivity contribution < 1.29 is 36.2 Å². The number of aliphatic carboxylic acids is 1. The highest BCUT2D eigenvalue weighted by Crippen LogP contribution is 2.45. The van der Waals surface area contributed by atoms with Gasteiger partial charge >= 0.3 is 12.1 Å². The number of rotatable bonds is 4. The van der Waals surface area contributed by atoms with Gasteiger partial charge < -0.3 is 14.7 Å². The Kier molecular flexibility index (Phi) is 6.30. The van der Waals surface area contributed by atoms with Crippen molar-refractivity contribution >= 4 is 21.8 Å². The predicted octanol–water partition coefficient (Wildman–Crippen LogP) is 1.14. The molecule has 8 nitrogen and oxygen atoms in total. The first-order valence-electron chi connectivity index (χ1n) is 8.15. The summed E-state index contributed by atoms with van der Waals surface area (Å²) in [5.41, 5.74) is 0. The van der Waals surface area contributed by atoms with Gasteiger partial charge in [0, 0.05) is 38.0 Å². The van der Waals surface area contributed by atoms with Gasteiger partial charge in [0.1, 0.15) is 4.75 Å². The van der Waals surface area contributed by atoms with Crippen LogP contribution >= 0.6 is 0 Å². The van der Waals surface area contributed by atoms with Gasteiger partial charge in [0.2, 0.25) is 5.95 Å². The van der Waals surface area contributed by atoms with Gasteiger partial charge in [0.25, 0.3) is 0 Å². The summed E-state index contributed by atoms with van der Waals surface area (Å²) in [5, 5.41) is 7.12. The van der Waals surface area contributed by atoms with Crippen LogP contribution in [0.1, 0.15) is 13.3 Å². The number of aromatic nitrogens is 2. The minimum Gasteiger partial charge on any atom is -0.475 e. The lowest BCUT2D eigenvalue weighted by Gasteiger charge is -2.49. The van der Waals surface area contributed by atoms with Crippen LogP contribution in [0.2, 0.25) is 0 Å². The molecule has 0 saturated carbocycles. The maximum Gasteiger partial charge on any atom is 0.490 e. The van der Waals surface area contributed by atoms with Crippen molar-refractivity contribution in [3.05, 3.63) is 18.5 Å². The van der Waals surface area contributed by atoms with E-state index in [1.165, 1.54) is 0 Å². The molecule has 27 heavy (non-hydrogen) atoms. The molecule has 2 aliphatic heterocycles. The number of ether oxygens (including phenoxy) is 1. The average molecular weight is 411 g/mol. The van der Waals surface area contributed by atoms with E-state index in [9.17, 15) is 21.6 Å². The van der Waals surface area contributed by atoms with Crippen LogP contribution in [0.5, 0.6) is 0 Å². The van der Waals surface area contributed by atoms with Gasteiger partial charge in [-0.2, -0.15) is 13.2 Å². The standard InChI is InChI=1S/C13H19N3O3S.C2HF3O2/c1-2-19-8-11-4-7-20(17,18)13(11)9-16(10-13)12-14-5-3-6-15-12;3-2(4,5)1(6)7/h3,5-6,11H,2,4,7-10H2,1H3;(H,6,7). The number of alkyl halides is 3. The van der Waals surface area contributed by atoms with E-state index in [0.29, 0.717) is 38.7 Å². The van der Waals surface area contributed by atoms with Crippen molar-refractivity contribution in [3.63, 3.8) is 0 Å². The molecule has 12 heteroatoms. The van der Waals surface area contributed by atoms with Crippen molar-refractivity contribution in [2.75, 3.05) is 37.0 Å². The number of carbonyl (C=O) groups is 1. The van der Waals surface area contributed by atoms with E-state index < -0.39 is 26.7 Å². The molecule has 0 aromatic carbocycles.